The fourth-order valence-corrected chi connectivity index (χ4v) is 9.00. The first-order valence-corrected chi connectivity index (χ1v) is 21.9. The van der Waals surface area contributed by atoms with E-state index >= 15 is 0 Å². The molecule has 54 heavy (non-hydrogen) atoms. The van der Waals surface area contributed by atoms with Crippen LogP contribution in [0.15, 0.2) is 134 Å². The number of benzene rings is 5. The molecule has 4 heterocycles. The van der Waals surface area contributed by atoms with Gasteiger partial charge in [-0.15, -0.1) is 48.0 Å². The number of hydrogen-bond acceptors (Lipinski definition) is 4. The Balaban J connectivity index is 0.000000223. The Labute approximate surface area is 333 Å². The second-order valence-electron chi connectivity index (χ2n) is 14.2. The smallest absolute Gasteiger partial charge is 0.123 e. The summed E-state index contributed by atoms with van der Waals surface area (Å²) < 4.78 is 18.3. The second-order valence-corrected chi connectivity index (χ2v) is 20.3. The van der Waals surface area contributed by atoms with Crippen molar-refractivity contribution in [2.75, 3.05) is 0 Å². The van der Waals surface area contributed by atoms with E-state index in [-0.39, 0.29) is 25.9 Å². The number of nitrogens with zero attached hydrogens (tertiary/aromatic N) is 4. The molecule has 0 fully saturated rings. The average Bonchev–Trinajstić information content (AvgIpc) is 3.74. The molecule has 9 rings (SSSR count). The Kier molecular flexibility index (Phi) is 10.6. The molecule has 0 spiro atoms. The molecule has 0 aliphatic carbocycles. The van der Waals surface area contributed by atoms with Crippen LogP contribution in [-0.4, -0.2) is 27.6 Å². The van der Waals surface area contributed by atoms with Gasteiger partial charge in [-0.1, -0.05) is 96.3 Å². The van der Waals surface area contributed by atoms with Crippen molar-refractivity contribution in [1.29, 1.82) is 0 Å². The summed E-state index contributed by atoms with van der Waals surface area (Å²) >= 11 is 1.74. The Morgan fingerprint density at radius 1 is 0.759 bits per heavy atom. The molecule has 0 N–H and O–H groups in total. The van der Waals surface area contributed by atoms with Crippen molar-refractivity contribution in [1.82, 2.24) is 19.5 Å². The van der Waals surface area contributed by atoms with E-state index in [1.807, 2.05) is 80.7 Å². The predicted octanol–water partition coefficient (Wildman–Crippen LogP) is 11.8. The quantitative estimate of drug-likeness (QED) is 0.128. The third-order valence-electron chi connectivity index (χ3n) is 9.33. The second kappa shape index (κ2) is 15.3. The molecule has 0 aliphatic heterocycles. The molecule has 0 saturated heterocycles. The minimum absolute atomic E-state index is 0. The fraction of sp³-hybridized carbons (Fsp3) is 0.109. The fourth-order valence-electron chi connectivity index (χ4n) is 6.74. The summed E-state index contributed by atoms with van der Waals surface area (Å²) in [6, 6.07) is 48.6. The van der Waals surface area contributed by atoms with Gasteiger partial charge in [-0.05, 0) is 77.3 Å². The molecule has 0 atom stereocenters. The molecular weight excluding hydrogens is 880 g/mol. The van der Waals surface area contributed by atoms with Gasteiger partial charge in [-0.2, -0.15) is 11.3 Å². The maximum absolute atomic E-state index is 13.7. The van der Waals surface area contributed by atoms with Gasteiger partial charge < -0.3 is 9.55 Å². The summed E-state index contributed by atoms with van der Waals surface area (Å²) in [4.78, 5) is 14.2. The van der Waals surface area contributed by atoms with Crippen molar-refractivity contribution < 1.29 is 24.5 Å². The van der Waals surface area contributed by atoms with Crippen LogP contribution in [0.2, 0.25) is 19.6 Å². The van der Waals surface area contributed by atoms with E-state index in [1.54, 1.807) is 11.3 Å². The van der Waals surface area contributed by atoms with Gasteiger partial charge in [0.2, 0.25) is 0 Å². The van der Waals surface area contributed by atoms with Crippen molar-refractivity contribution in [3.63, 3.8) is 0 Å². The maximum Gasteiger partial charge on any atom is 0.123 e. The molecule has 1 radical (unpaired) electrons. The van der Waals surface area contributed by atoms with Gasteiger partial charge in [0.15, 0.2) is 0 Å². The third-order valence-corrected chi connectivity index (χ3v) is 12.5. The molecule has 0 aliphatic rings. The van der Waals surface area contributed by atoms with Crippen LogP contribution in [0, 0.1) is 31.8 Å². The number of para-hydroxylation sites is 2. The van der Waals surface area contributed by atoms with Crippen LogP contribution < -0.4 is 5.19 Å². The topological polar surface area (TPSA) is 43.6 Å². The zero-order valence-corrected chi connectivity index (χ0v) is 34.8. The summed E-state index contributed by atoms with van der Waals surface area (Å²) in [5, 5.41) is 3.71. The van der Waals surface area contributed by atoms with Crippen molar-refractivity contribution in [2.24, 2.45) is 0 Å². The van der Waals surface area contributed by atoms with Crippen LogP contribution in [0.25, 0.3) is 70.7 Å². The Morgan fingerprint density at radius 3 is 2.19 bits per heavy atom. The van der Waals surface area contributed by atoms with E-state index in [4.69, 9.17) is 4.98 Å². The number of thiophene rings is 1. The molecule has 4 aromatic heterocycles. The van der Waals surface area contributed by atoms with Gasteiger partial charge >= 0.3 is 0 Å². The molecule has 0 bridgehead atoms. The van der Waals surface area contributed by atoms with Crippen molar-refractivity contribution in [3.8, 4) is 39.5 Å². The number of hydrogen-bond donors (Lipinski definition) is 0. The van der Waals surface area contributed by atoms with E-state index in [2.05, 4.69) is 101 Å². The van der Waals surface area contributed by atoms with Crippen LogP contribution in [0.3, 0.4) is 0 Å². The van der Waals surface area contributed by atoms with Crippen LogP contribution in [-0.2, 0) is 20.1 Å². The number of aryl methyl sites for hydroxylation is 2. The Morgan fingerprint density at radius 2 is 1.48 bits per heavy atom. The monoisotopic (exact) mass is 917 g/mol. The predicted molar refractivity (Wildman–Crippen MR) is 222 cm³/mol. The van der Waals surface area contributed by atoms with Crippen LogP contribution in [0.1, 0.15) is 11.4 Å². The van der Waals surface area contributed by atoms with E-state index in [9.17, 15) is 4.39 Å². The van der Waals surface area contributed by atoms with Crippen molar-refractivity contribution >= 4 is 55.8 Å². The van der Waals surface area contributed by atoms with Crippen LogP contribution in [0.5, 0.6) is 0 Å². The average molecular weight is 917 g/mol. The molecule has 4 nitrogen and oxygen atoms in total. The van der Waals surface area contributed by atoms with Gasteiger partial charge in [0.1, 0.15) is 5.82 Å². The summed E-state index contributed by atoms with van der Waals surface area (Å²) in [6.07, 6.45) is 2.02. The molecule has 0 amide bonds. The third kappa shape index (κ3) is 7.35. The molecule has 0 saturated carbocycles. The van der Waals surface area contributed by atoms with Gasteiger partial charge in [-0.3, -0.25) is 9.97 Å². The zero-order valence-electron chi connectivity index (χ0n) is 30.6. The van der Waals surface area contributed by atoms with E-state index in [0.717, 1.165) is 72.0 Å². The minimum atomic E-state index is -1.23. The van der Waals surface area contributed by atoms with E-state index < -0.39 is 8.07 Å². The summed E-state index contributed by atoms with van der Waals surface area (Å²) in [5.74, 6) is 0.598. The molecule has 9 aromatic rings. The number of imidazole rings is 1. The number of pyridine rings is 2. The van der Waals surface area contributed by atoms with Gasteiger partial charge in [0.05, 0.1) is 24.9 Å². The van der Waals surface area contributed by atoms with Gasteiger partial charge in [0.25, 0.3) is 0 Å². The van der Waals surface area contributed by atoms with Crippen molar-refractivity contribution in [3.05, 3.63) is 163 Å². The molecule has 8 heteroatoms. The first-order chi connectivity index (χ1) is 25.6. The molecule has 0 unspecified atom stereocenters. The number of rotatable bonds is 5. The number of fused-ring (bicyclic) bond motifs is 4. The summed E-state index contributed by atoms with van der Waals surface area (Å²) in [7, 11) is -1.23. The summed E-state index contributed by atoms with van der Waals surface area (Å²) in [6.45, 7) is 11.0. The Bertz CT molecular complexity index is 2710. The van der Waals surface area contributed by atoms with Crippen LogP contribution in [0.4, 0.5) is 4.39 Å². The minimum Gasteiger partial charge on any atom is -0.333 e. The first kappa shape index (κ1) is 37.2. The molecular formula is C46H37FIrN4SSi-2. The van der Waals surface area contributed by atoms with Crippen LogP contribution >= 0.6 is 11.3 Å². The Hall–Kier alpha value is -5.11. The van der Waals surface area contributed by atoms with Gasteiger partial charge in [0, 0.05) is 48.1 Å². The van der Waals surface area contributed by atoms with Gasteiger partial charge in [-0.25, -0.2) is 4.39 Å². The number of halogens is 1. The van der Waals surface area contributed by atoms with E-state index in [1.165, 1.54) is 27.4 Å². The molecule has 269 valence electrons. The standard InChI is InChI=1S/C32H21FN3S.C14H16NSi.Ir/c1-19-17-23(18-20(2)34-19)36-28-9-5-4-8-27(28)35-32(36)26-16-15-24(21-11-13-22(33)14-12-21)30-25-7-3-6-10-29(25)37-31(26)30;1-16(2,3)13-9-10-14(15-11-13)12-7-5-4-6-8-12;/h3-15,17-18H,1-2H3;4-7,9-11H,1-3H3;/q2*-1;. The maximum atomic E-state index is 13.7. The SMILES string of the molecule is C[Si](C)(C)c1ccc(-c2[c-]cccc2)nc1.Cc1cc(-n2c(-c3[c-]cc(-c4ccc(F)cc4)c4c3sc3ccccc34)nc3ccccc32)cc(C)n1.[Ir]. The normalized spacial score (nSPS) is 11.4. The first-order valence-electron chi connectivity index (χ1n) is 17.6. The molecule has 5 aromatic carbocycles. The largest absolute Gasteiger partial charge is 0.333 e. The zero-order chi connectivity index (χ0) is 36.7. The summed E-state index contributed by atoms with van der Waals surface area (Å²) in [5.41, 5.74) is 9.92. The number of aromatic nitrogens is 4. The van der Waals surface area contributed by atoms with Crippen molar-refractivity contribution in [2.45, 2.75) is 33.5 Å². The van der Waals surface area contributed by atoms with E-state index in [0.29, 0.717) is 0 Å².